The van der Waals surface area contributed by atoms with Gasteiger partial charge in [-0.3, -0.25) is 4.99 Å². The number of aliphatic imine (C=N–C) groups is 1. The molecule has 1 aliphatic heterocycles. The average molecular weight is 277 g/mol. The lowest BCUT2D eigenvalue weighted by molar-refractivity contribution is 0.194. The SMILES string of the molecule is NC1=NCC2(CCc3ccccc32)N1Cc1ccccc1. The largest absolute Gasteiger partial charge is 0.370 e. The predicted molar refractivity (Wildman–Crippen MR) is 84.9 cm³/mol. The fourth-order valence-electron chi connectivity index (χ4n) is 3.71. The molecule has 1 heterocycles. The number of hydrogen-bond donors (Lipinski definition) is 1. The summed E-state index contributed by atoms with van der Waals surface area (Å²) in [6.07, 6.45) is 2.22. The quantitative estimate of drug-likeness (QED) is 0.917. The van der Waals surface area contributed by atoms with Crippen LogP contribution in [-0.4, -0.2) is 17.4 Å². The fourth-order valence-corrected chi connectivity index (χ4v) is 3.71. The van der Waals surface area contributed by atoms with Crippen LogP contribution in [0.1, 0.15) is 23.1 Å². The summed E-state index contributed by atoms with van der Waals surface area (Å²) < 4.78 is 0. The third kappa shape index (κ3) is 1.84. The minimum atomic E-state index is -0.0312. The van der Waals surface area contributed by atoms with E-state index in [1.165, 1.54) is 16.7 Å². The molecule has 106 valence electrons. The second-order valence-electron chi connectivity index (χ2n) is 5.93. The third-order valence-corrected chi connectivity index (χ3v) is 4.81. The molecule has 0 saturated carbocycles. The Hall–Kier alpha value is -2.29. The lowest BCUT2D eigenvalue weighted by Crippen LogP contribution is -2.47. The van der Waals surface area contributed by atoms with Crippen molar-refractivity contribution in [3.8, 4) is 0 Å². The monoisotopic (exact) mass is 277 g/mol. The minimum Gasteiger partial charge on any atom is -0.370 e. The van der Waals surface area contributed by atoms with Crippen LogP contribution in [0.4, 0.5) is 0 Å². The van der Waals surface area contributed by atoms with Gasteiger partial charge in [-0.25, -0.2) is 0 Å². The molecular formula is C18H19N3. The molecule has 0 aromatic heterocycles. The van der Waals surface area contributed by atoms with Crippen molar-refractivity contribution in [2.45, 2.75) is 24.9 Å². The molecule has 0 bridgehead atoms. The van der Waals surface area contributed by atoms with Gasteiger partial charge in [-0.2, -0.15) is 0 Å². The van der Waals surface area contributed by atoms with Crippen LogP contribution < -0.4 is 5.73 Å². The highest BCUT2D eigenvalue weighted by molar-refractivity contribution is 5.81. The highest BCUT2D eigenvalue weighted by atomic mass is 15.4. The summed E-state index contributed by atoms with van der Waals surface area (Å²) in [6, 6.07) is 19.2. The van der Waals surface area contributed by atoms with Gasteiger partial charge in [0.1, 0.15) is 0 Å². The molecule has 2 aromatic rings. The summed E-state index contributed by atoms with van der Waals surface area (Å²) in [6.45, 7) is 1.60. The molecule has 2 aromatic carbocycles. The van der Waals surface area contributed by atoms with E-state index in [4.69, 9.17) is 5.73 Å². The molecule has 1 unspecified atom stereocenters. The Morgan fingerprint density at radius 3 is 2.67 bits per heavy atom. The molecule has 3 nitrogen and oxygen atoms in total. The zero-order chi connectivity index (χ0) is 14.3. The number of aryl methyl sites for hydroxylation is 1. The Kier molecular flexibility index (Phi) is 2.74. The molecule has 2 N–H and O–H groups in total. The smallest absolute Gasteiger partial charge is 0.192 e. The summed E-state index contributed by atoms with van der Waals surface area (Å²) in [5.74, 6) is 0.676. The van der Waals surface area contributed by atoms with Crippen molar-refractivity contribution >= 4 is 5.96 Å². The second kappa shape index (κ2) is 4.62. The van der Waals surface area contributed by atoms with Gasteiger partial charge in [0, 0.05) is 6.54 Å². The Balaban J connectivity index is 1.73. The van der Waals surface area contributed by atoms with Gasteiger partial charge in [0.05, 0.1) is 12.1 Å². The van der Waals surface area contributed by atoms with Crippen LogP contribution >= 0.6 is 0 Å². The third-order valence-electron chi connectivity index (χ3n) is 4.81. The van der Waals surface area contributed by atoms with Crippen molar-refractivity contribution in [3.63, 3.8) is 0 Å². The number of nitrogens with two attached hydrogens (primary N) is 1. The minimum absolute atomic E-state index is 0.0312. The molecule has 0 radical (unpaired) electrons. The van der Waals surface area contributed by atoms with Crippen molar-refractivity contribution in [2.75, 3.05) is 6.54 Å². The first-order valence-corrected chi connectivity index (χ1v) is 7.49. The van der Waals surface area contributed by atoms with Gasteiger partial charge in [0.25, 0.3) is 0 Å². The van der Waals surface area contributed by atoms with E-state index in [1.807, 2.05) is 6.07 Å². The van der Waals surface area contributed by atoms with Crippen molar-refractivity contribution in [3.05, 3.63) is 71.3 Å². The summed E-state index contributed by atoms with van der Waals surface area (Å²) in [5.41, 5.74) is 10.3. The second-order valence-corrected chi connectivity index (χ2v) is 5.93. The van der Waals surface area contributed by atoms with E-state index in [0.29, 0.717) is 5.96 Å². The van der Waals surface area contributed by atoms with E-state index in [2.05, 4.69) is 58.4 Å². The Labute approximate surface area is 125 Å². The van der Waals surface area contributed by atoms with Gasteiger partial charge in [-0.05, 0) is 29.5 Å². The van der Waals surface area contributed by atoms with Crippen LogP contribution in [0.25, 0.3) is 0 Å². The Morgan fingerprint density at radius 1 is 1.05 bits per heavy atom. The van der Waals surface area contributed by atoms with Crippen LogP contribution in [0.2, 0.25) is 0 Å². The average Bonchev–Trinajstić information content (AvgIpc) is 3.06. The van der Waals surface area contributed by atoms with Crippen molar-refractivity contribution in [2.24, 2.45) is 10.7 Å². The van der Waals surface area contributed by atoms with Gasteiger partial charge in [0.2, 0.25) is 0 Å². The van der Waals surface area contributed by atoms with Gasteiger partial charge in [-0.1, -0.05) is 54.6 Å². The van der Waals surface area contributed by atoms with Crippen molar-refractivity contribution in [1.29, 1.82) is 0 Å². The molecule has 0 saturated heterocycles. The van der Waals surface area contributed by atoms with Gasteiger partial charge >= 0.3 is 0 Å². The van der Waals surface area contributed by atoms with Crippen LogP contribution in [0.5, 0.6) is 0 Å². The lowest BCUT2D eigenvalue weighted by Gasteiger charge is -2.37. The van der Waals surface area contributed by atoms with Gasteiger partial charge in [0.15, 0.2) is 5.96 Å². The summed E-state index contributed by atoms with van der Waals surface area (Å²) >= 11 is 0. The first-order chi connectivity index (χ1) is 10.3. The summed E-state index contributed by atoms with van der Waals surface area (Å²) in [5, 5.41) is 0. The lowest BCUT2D eigenvalue weighted by atomic mass is 9.90. The van der Waals surface area contributed by atoms with E-state index >= 15 is 0 Å². The molecule has 21 heavy (non-hydrogen) atoms. The van der Waals surface area contributed by atoms with Gasteiger partial charge in [-0.15, -0.1) is 0 Å². The van der Waals surface area contributed by atoms with Gasteiger partial charge < -0.3 is 10.6 Å². The maximum absolute atomic E-state index is 6.21. The van der Waals surface area contributed by atoms with Crippen LogP contribution in [-0.2, 0) is 18.5 Å². The summed E-state index contributed by atoms with van der Waals surface area (Å²) in [7, 11) is 0. The zero-order valence-corrected chi connectivity index (χ0v) is 12.0. The first kappa shape index (κ1) is 12.5. The fraction of sp³-hybridized carbons (Fsp3) is 0.278. The van der Waals surface area contributed by atoms with Crippen LogP contribution in [0, 0.1) is 0 Å². The standard InChI is InChI=1S/C18H19N3/c19-17-20-13-18(11-10-15-8-4-5-9-16(15)18)21(17)12-14-6-2-1-3-7-14/h1-9H,10-13H2,(H2,19,20). The summed E-state index contributed by atoms with van der Waals surface area (Å²) in [4.78, 5) is 6.87. The number of nitrogens with zero attached hydrogens (tertiary/aromatic N) is 2. The molecule has 4 rings (SSSR count). The van der Waals surface area contributed by atoms with Crippen molar-refractivity contribution in [1.82, 2.24) is 4.90 Å². The molecule has 0 fully saturated rings. The van der Waals surface area contributed by atoms with E-state index in [0.717, 1.165) is 25.9 Å². The Bertz CT molecular complexity index is 693. The number of benzene rings is 2. The molecular weight excluding hydrogens is 258 g/mol. The topological polar surface area (TPSA) is 41.6 Å². The molecule has 1 spiro atoms. The van der Waals surface area contributed by atoms with Crippen LogP contribution in [0.3, 0.4) is 0 Å². The number of guanidine groups is 1. The van der Waals surface area contributed by atoms with E-state index < -0.39 is 0 Å². The molecule has 1 atom stereocenters. The number of rotatable bonds is 2. The maximum atomic E-state index is 6.21. The molecule has 2 aliphatic rings. The number of fused-ring (bicyclic) bond motifs is 2. The zero-order valence-electron chi connectivity index (χ0n) is 12.0. The molecule has 3 heteroatoms. The highest BCUT2D eigenvalue weighted by Gasteiger charge is 2.47. The number of hydrogen-bond acceptors (Lipinski definition) is 3. The molecule has 0 amide bonds. The van der Waals surface area contributed by atoms with Crippen molar-refractivity contribution < 1.29 is 0 Å². The van der Waals surface area contributed by atoms with E-state index in [-0.39, 0.29) is 5.54 Å². The normalized spacial score (nSPS) is 23.4. The first-order valence-electron chi connectivity index (χ1n) is 7.49. The Morgan fingerprint density at radius 2 is 1.81 bits per heavy atom. The van der Waals surface area contributed by atoms with E-state index in [9.17, 15) is 0 Å². The predicted octanol–water partition coefficient (Wildman–Crippen LogP) is 2.66. The van der Waals surface area contributed by atoms with E-state index in [1.54, 1.807) is 0 Å². The molecule has 1 aliphatic carbocycles. The highest BCUT2D eigenvalue weighted by Crippen LogP contribution is 2.44. The maximum Gasteiger partial charge on any atom is 0.192 e. The van der Waals surface area contributed by atoms with Crippen LogP contribution in [0.15, 0.2) is 59.6 Å².